The van der Waals surface area contributed by atoms with Crippen molar-refractivity contribution >= 4 is 59.1 Å². The van der Waals surface area contributed by atoms with Crippen molar-refractivity contribution in [1.29, 1.82) is 0 Å². The molecule has 8 heteroatoms. The highest BCUT2D eigenvalue weighted by molar-refractivity contribution is 9.14. The first-order valence-corrected chi connectivity index (χ1v) is 7.97. The number of halogens is 6. The van der Waals surface area contributed by atoms with Crippen LogP contribution in [0.3, 0.4) is 0 Å². The molecular weight excluding hydrogens is 477 g/mol. The molecule has 1 nitrogen and oxygen atoms in total. The van der Waals surface area contributed by atoms with Gasteiger partial charge in [0.1, 0.15) is 5.75 Å². The van der Waals surface area contributed by atoms with Crippen LogP contribution in [0.25, 0.3) is 10.4 Å². The van der Waals surface area contributed by atoms with Gasteiger partial charge in [-0.1, -0.05) is 0 Å². The fraction of sp³-hybridized carbons (Fsp3) is 0.0909. The Bertz CT molecular complexity index is 592. The van der Waals surface area contributed by atoms with E-state index in [1.807, 2.05) is 0 Å². The second kappa shape index (κ2) is 5.75. The maximum atomic E-state index is 12.0. The van der Waals surface area contributed by atoms with Crippen LogP contribution in [0.5, 0.6) is 5.75 Å². The largest absolute Gasteiger partial charge is 0.573 e. The van der Waals surface area contributed by atoms with Crippen LogP contribution >= 0.6 is 59.1 Å². The minimum atomic E-state index is -4.67. The van der Waals surface area contributed by atoms with Crippen molar-refractivity contribution in [2.75, 3.05) is 0 Å². The highest BCUT2D eigenvalue weighted by Crippen LogP contribution is 2.46. The average molecular weight is 481 g/mol. The molecule has 0 radical (unpaired) electrons. The summed E-state index contributed by atoms with van der Waals surface area (Å²) in [5, 5.41) is 0. The Morgan fingerprint density at radius 2 is 1.53 bits per heavy atom. The van der Waals surface area contributed by atoms with E-state index in [0.717, 1.165) is 23.2 Å². The molecule has 2 aromatic rings. The molecule has 0 fully saturated rings. The molecule has 0 aliphatic carbocycles. The normalized spacial score (nSPS) is 11.7. The van der Waals surface area contributed by atoms with Crippen LogP contribution in [0.15, 0.2) is 37.0 Å². The molecule has 1 heterocycles. The van der Waals surface area contributed by atoms with Gasteiger partial charge in [-0.2, -0.15) is 0 Å². The zero-order chi connectivity index (χ0) is 14.2. The third-order valence-corrected chi connectivity index (χ3v) is 7.19. The number of thiophene rings is 1. The Kier molecular flexibility index (Phi) is 4.64. The quantitative estimate of drug-likeness (QED) is 0.470. The smallest absolute Gasteiger partial charge is 0.406 e. The van der Waals surface area contributed by atoms with Crippen molar-refractivity contribution in [2.24, 2.45) is 0 Å². The van der Waals surface area contributed by atoms with Crippen molar-refractivity contribution in [1.82, 2.24) is 0 Å². The van der Waals surface area contributed by atoms with E-state index in [4.69, 9.17) is 0 Å². The zero-order valence-electron chi connectivity index (χ0n) is 8.89. The van der Waals surface area contributed by atoms with E-state index in [1.54, 1.807) is 12.1 Å². The lowest BCUT2D eigenvalue weighted by molar-refractivity contribution is -0.274. The minimum Gasteiger partial charge on any atom is -0.406 e. The van der Waals surface area contributed by atoms with E-state index >= 15 is 0 Å². The summed E-state index contributed by atoms with van der Waals surface area (Å²) < 4.78 is 42.6. The summed E-state index contributed by atoms with van der Waals surface area (Å²) >= 11 is 11.7. The molecule has 19 heavy (non-hydrogen) atoms. The molecule has 0 bridgehead atoms. The zero-order valence-corrected chi connectivity index (χ0v) is 14.5. The Hall–Kier alpha value is -0.0500. The van der Waals surface area contributed by atoms with E-state index in [0.29, 0.717) is 0 Å². The lowest BCUT2D eigenvalue weighted by Gasteiger charge is -2.09. The molecule has 0 spiro atoms. The number of hydrogen-bond donors (Lipinski definition) is 0. The molecule has 0 aliphatic rings. The topological polar surface area (TPSA) is 9.23 Å². The van der Waals surface area contributed by atoms with Crippen LogP contribution < -0.4 is 4.74 Å². The van der Waals surface area contributed by atoms with Gasteiger partial charge in [0.25, 0.3) is 0 Å². The van der Waals surface area contributed by atoms with Crippen molar-refractivity contribution < 1.29 is 17.9 Å². The van der Waals surface area contributed by atoms with Gasteiger partial charge in [-0.3, -0.25) is 0 Å². The summed E-state index contributed by atoms with van der Waals surface area (Å²) in [5.74, 6) is -0.234. The fourth-order valence-corrected chi connectivity index (χ4v) is 4.50. The number of rotatable bonds is 2. The monoisotopic (exact) mass is 478 g/mol. The molecule has 0 atom stereocenters. The first-order valence-electron chi connectivity index (χ1n) is 4.77. The summed E-state index contributed by atoms with van der Waals surface area (Å²) in [6.45, 7) is 0. The second-order valence-electron chi connectivity index (χ2n) is 3.41. The van der Waals surface area contributed by atoms with Crippen LogP contribution in [-0.4, -0.2) is 6.36 Å². The molecule has 0 saturated heterocycles. The predicted octanol–water partition coefficient (Wildman–Crippen LogP) is 6.60. The number of alkyl halides is 3. The van der Waals surface area contributed by atoms with Gasteiger partial charge < -0.3 is 4.74 Å². The third kappa shape index (κ3) is 3.74. The van der Waals surface area contributed by atoms with E-state index in [-0.39, 0.29) is 5.75 Å². The van der Waals surface area contributed by atoms with E-state index in [2.05, 4.69) is 52.5 Å². The number of ether oxygens (including phenoxy) is 1. The molecule has 1 aromatic carbocycles. The van der Waals surface area contributed by atoms with Crippen molar-refractivity contribution in [3.8, 4) is 16.2 Å². The summed E-state index contributed by atoms with van der Waals surface area (Å²) in [7, 11) is 0. The molecule has 0 saturated carbocycles. The molecule has 0 amide bonds. The summed E-state index contributed by atoms with van der Waals surface area (Å²) in [6, 6.07) is 5.74. The van der Waals surface area contributed by atoms with Gasteiger partial charge in [0.2, 0.25) is 0 Å². The average Bonchev–Trinajstić information content (AvgIpc) is 2.56. The molecule has 102 valence electrons. The Labute approximate surface area is 136 Å². The number of benzene rings is 1. The number of hydrogen-bond acceptors (Lipinski definition) is 2. The van der Waals surface area contributed by atoms with Crippen molar-refractivity contribution in [2.45, 2.75) is 6.36 Å². The predicted molar refractivity (Wildman–Crippen MR) is 79.5 cm³/mol. The van der Waals surface area contributed by atoms with Crippen LogP contribution in [0.2, 0.25) is 0 Å². The lowest BCUT2D eigenvalue weighted by Crippen LogP contribution is -2.16. The van der Waals surface area contributed by atoms with Crippen LogP contribution in [-0.2, 0) is 0 Å². The van der Waals surface area contributed by atoms with E-state index in [9.17, 15) is 13.2 Å². The molecule has 2 rings (SSSR count). The lowest BCUT2D eigenvalue weighted by atomic mass is 10.2. The Morgan fingerprint density at radius 1 is 0.947 bits per heavy atom. The molecule has 0 unspecified atom stereocenters. The Balaban J connectivity index is 2.30. The second-order valence-corrected chi connectivity index (χ2v) is 7.33. The third-order valence-electron chi connectivity index (χ3n) is 2.11. The SMILES string of the molecule is FC(F)(F)Oc1ccc(-c2sc(Br)c(Br)c2Br)cc1. The first kappa shape index (κ1) is 15.3. The van der Waals surface area contributed by atoms with Gasteiger partial charge in [0.05, 0.1) is 17.6 Å². The van der Waals surface area contributed by atoms with Crippen molar-refractivity contribution in [3.05, 3.63) is 37.0 Å². The van der Waals surface area contributed by atoms with Crippen LogP contribution in [0, 0.1) is 0 Å². The van der Waals surface area contributed by atoms with Crippen molar-refractivity contribution in [3.63, 3.8) is 0 Å². The standard InChI is InChI=1S/C11H4Br3F3OS/c12-7-8(13)10(14)19-9(7)5-1-3-6(4-2-5)18-11(15,16)17/h1-4H. The maximum Gasteiger partial charge on any atom is 0.573 e. The Morgan fingerprint density at radius 3 is 1.95 bits per heavy atom. The molecule has 1 aromatic heterocycles. The first-order chi connectivity index (χ1) is 8.78. The van der Waals surface area contributed by atoms with Gasteiger partial charge in [-0.05, 0) is 77.6 Å². The summed E-state index contributed by atoms with van der Waals surface area (Å²) in [5.41, 5.74) is 0.804. The van der Waals surface area contributed by atoms with Gasteiger partial charge >= 0.3 is 6.36 Å². The van der Waals surface area contributed by atoms with Gasteiger partial charge in [0.15, 0.2) is 0 Å². The maximum absolute atomic E-state index is 12.0. The van der Waals surface area contributed by atoms with Crippen LogP contribution in [0.4, 0.5) is 13.2 Å². The molecule has 0 N–H and O–H groups in total. The molecule has 0 aliphatic heterocycles. The summed E-state index contributed by atoms with van der Waals surface area (Å²) in [4.78, 5) is 0.914. The van der Waals surface area contributed by atoms with Crippen LogP contribution in [0.1, 0.15) is 0 Å². The summed E-state index contributed by atoms with van der Waals surface area (Å²) in [6.07, 6.45) is -4.67. The van der Waals surface area contributed by atoms with Gasteiger partial charge in [0, 0.05) is 0 Å². The van der Waals surface area contributed by atoms with E-state index in [1.165, 1.54) is 23.5 Å². The molecular formula is C11H4Br3F3OS. The van der Waals surface area contributed by atoms with Gasteiger partial charge in [-0.25, -0.2) is 0 Å². The highest BCUT2D eigenvalue weighted by Gasteiger charge is 2.31. The minimum absolute atomic E-state index is 0.234. The highest BCUT2D eigenvalue weighted by atomic mass is 79.9. The van der Waals surface area contributed by atoms with E-state index < -0.39 is 6.36 Å². The fourth-order valence-electron chi connectivity index (χ4n) is 1.36. The van der Waals surface area contributed by atoms with Gasteiger partial charge in [-0.15, -0.1) is 24.5 Å².